The second kappa shape index (κ2) is 5.73. The van der Waals surface area contributed by atoms with E-state index in [0.717, 1.165) is 31.6 Å². The molecule has 102 valence electrons. The van der Waals surface area contributed by atoms with Crippen molar-refractivity contribution >= 4 is 17.6 Å². The lowest BCUT2D eigenvalue weighted by Crippen LogP contribution is -2.24. The number of aromatic carboxylic acids is 1. The average Bonchev–Trinajstić information content (AvgIpc) is 2.81. The summed E-state index contributed by atoms with van der Waals surface area (Å²) in [6.07, 6.45) is 2.21. The van der Waals surface area contributed by atoms with Crippen molar-refractivity contribution in [2.24, 2.45) is 0 Å². The van der Waals surface area contributed by atoms with E-state index in [1.165, 1.54) is 5.56 Å². The van der Waals surface area contributed by atoms with E-state index in [4.69, 9.17) is 5.11 Å². The molecular formula is C14H18N2O3. The smallest absolute Gasteiger partial charge is 0.335 e. The fourth-order valence-electron chi connectivity index (χ4n) is 2.37. The van der Waals surface area contributed by atoms with Crippen molar-refractivity contribution in [3.05, 3.63) is 29.3 Å². The van der Waals surface area contributed by atoms with Crippen LogP contribution in [0.15, 0.2) is 18.2 Å². The summed E-state index contributed by atoms with van der Waals surface area (Å²) in [6.45, 7) is 1.68. The highest BCUT2D eigenvalue weighted by Gasteiger charge is 2.20. The van der Waals surface area contributed by atoms with E-state index in [2.05, 4.69) is 10.2 Å². The lowest BCUT2D eigenvalue weighted by atomic mass is 10.1. The van der Waals surface area contributed by atoms with Crippen LogP contribution in [-0.4, -0.2) is 37.1 Å². The molecule has 0 saturated carbocycles. The quantitative estimate of drug-likeness (QED) is 0.838. The second-order valence-corrected chi connectivity index (χ2v) is 4.66. The number of hydrogen-bond donors (Lipinski definition) is 2. The van der Waals surface area contributed by atoms with Crippen LogP contribution in [0.5, 0.6) is 0 Å². The van der Waals surface area contributed by atoms with E-state index in [0.29, 0.717) is 12.0 Å². The fraction of sp³-hybridized carbons (Fsp3) is 0.429. The molecule has 0 saturated heterocycles. The standard InChI is InChI=1S/C14H18N2O3/c1-15-13(17)3-2-7-16-8-6-10-4-5-11(14(18)19)9-12(10)16/h4-5,9H,2-3,6-8H2,1H3,(H,15,17)(H,18,19). The lowest BCUT2D eigenvalue weighted by molar-refractivity contribution is -0.120. The van der Waals surface area contributed by atoms with Crippen LogP contribution in [0.2, 0.25) is 0 Å². The largest absolute Gasteiger partial charge is 0.478 e. The van der Waals surface area contributed by atoms with Crippen LogP contribution in [0, 0.1) is 0 Å². The Morgan fingerprint density at radius 2 is 2.21 bits per heavy atom. The Labute approximate surface area is 112 Å². The van der Waals surface area contributed by atoms with Crippen molar-refractivity contribution in [2.75, 3.05) is 25.0 Å². The summed E-state index contributed by atoms with van der Waals surface area (Å²) in [5.41, 5.74) is 2.50. The predicted octanol–water partition coefficient (Wildman–Crippen LogP) is 1.27. The molecule has 2 rings (SSSR count). The molecule has 0 bridgehead atoms. The molecule has 5 nitrogen and oxygen atoms in total. The van der Waals surface area contributed by atoms with Gasteiger partial charge in [-0.1, -0.05) is 6.07 Å². The number of carboxylic acid groups (broad SMARTS) is 1. The third-order valence-corrected chi connectivity index (χ3v) is 3.43. The third-order valence-electron chi connectivity index (χ3n) is 3.43. The zero-order chi connectivity index (χ0) is 13.8. The first kappa shape index (κ1) is 13.4. The molecule has 0 aliphatic carbocycles. The zero-order valence-electron chi connectivity index (χ0n) is 11.0. The number of nitrogens with one attached hydrogen (secondary N) is 1. The first-order valence-corrected chi connectivity index (χ1v) is 6.43. The van der Waals surface area contributed by atoms with Crippen LogP contribution in [0.25, 0.3) is 0 Å². The topological polar surface area (TPSA) is 69.6 Å². The molecule has 1 aliphatic rings. The predicted molar refractivity (Wildman–Crippen MR) is 72.6 cm³/mol. The minimum atomic E-state index is -0.903. The Kier molecular flexibility index (Phi) is 4.04. The Morgan fingerprint density at radius 1 is 1.42 bits per heavy atom. The summed E-state index contributed by atoms with van der Waals surface area (Å²) in [5.74, 6) is -0.862. The molecule has 1 heterocycles. The Morgan fingerprint density at radius 3 is 2.89 bits per heavy atom. The van der Waals surface area contributed by atoms with Gasteiger partial charge in [0.25, 0.3) is 0 Å². The van der Waals surface area contributed by atoms with Gasteiger partial charge in [0.05, 0.1) is 5.56 Å². The molecule has 19 heavy (non-hydrogen) atoms. The fourth-order valence-corrected chi connectivity index (χ4v) is 2.37. The van der Waals surface area contributed by atoms with Crippen LogP contribution < -0.4 is 10.2 Å². The van der Waals surface area contributed by atoms with E-state index in [9.17, 15) is 9.59 Å². The summed E-state index contributed by atoms with van der Waals surface area (Å²) in [7, 11) is 1.63. The molecular weight excluding hydrogens is 244 g/mol. The number of carbonyl (C=O) groups is 2. The van der Waals surface area contributed by atoms with Crippen LogP contribution in [-0.2, 0) is 11.2 Å². The third kappa shape index (κ3) is 3.05. The number of hydrogen-bond acceptors (Lipinski definition) is 3. The van der Waals surface area contributed by atoms with Gasteiger partial charge < -0.3 is 15.3 Å². The van der Waals surface area contributed by atoms with Gasteiger partial charge in [-0.05, 0) is 30.5 Å². The van der Waals surface area contributed by atoms with Gasteiger partial charge in [-0.3, -0.25) is 4.79 Å². The van der Waals surface area contributed by atoms with Crippen molar-refractivity contribution in [3.8, 4) is 0 Å². The number of anilines is 1. The summed E-state index contributed by atoms with van der Waals surface area (Å²) in [4.78, 5) is 24.3. The van der Waals surface area contributed by atoms with Gasteiger partial charge in [0, 0.05) is 32.2 Å². The van der Waals surface area contributed by atoms with E-state index in [1.54, 1.807) is 19.2 Å². The molecule has 1 aromatic carbocycles. The monoisotopic (exact) mass is 262 g/mol. The molecule has 0 fully saturated rings. The second-order valence-electron chi connectivity index (χ2n) is 4.66. The molecule has 0 radical (unpaired) electrons. The maximum Gasteiger partial charge on any atom is 0.335 e. The van der Waals surface area contributed by atoms with Crippen LogP contribution >= 0.6 is 0 Å². The van der Waals surface area contributed by atoms with Gasteiger partial charge in [-0.2, -0.15) is 0 Å². The van der Waals surface area contributed by atoms with Crippen molar-refractivity contribution in [1.29, 1.82) is 0 Å². The van der Waals surface area contributed by atoms with Crippen molar-refractivity contribution < 1.29 is 14.7 Å². The number of rotatable bonds is 5. The molecule has 0 atom stereocenters. The van der Waals surface area contributed by atoms with E-state index < -0.39 is 5.97 Å². The minimum absolute atomic E-state index is 0.0405. The van der Waals surface area contributed by atoms with Gasteiger partial charge in [-0.25, -0.2) is 4.79 Å². The number of carboxylic acids is 1. The molecule has 0 spiro atoms. The summed E-state index contributed by atoms with van der Waals surface area (Å²) < 4.78 is 0. The van der Waals surface area contributed by atoms with Gasteiger partial charge in [0.2, 0.25) is 5.91 Å². The van der Waals surface area contributed by atoms with Gasteiger partial charge in [0.15, 0.2) is 0 Å². The van der Waals surface area contributed by atoms with Gasteiger partial charge >= 0.3 is 5.97 Å². The molecule has 1 aromatic rings. The van der Waals surface area contributed by atoms with E-state index >= 15 is 0 Å². The highest BCUT2D eigenvalue weighted by Crippen LogP contribution is 2.29. The molecule has 0 aromatic heterocycles. The Hall–Kier alpha value is -2.04. The highest BCUT2D eigenvalue weighted by molar-refractivity contribution is 5.89. The Balaban J connectivity index is 2.02. The summed E-state index contributed by atoms with van der Waals surface area (Å²) in [5, 5.41) is 11.6. The van der Waals surface area contributed by atoms with Crippen molar-refractivity contribution in [2.45, 2.75) is 19.3 Å². The number of benzene rings is 1. The molecule has 0 unspecified atom stereocenters. The first-order valence-electron chi connectivity index (χ1n) is 6.43. The lowest BCUT2D eigenvalue weighted by Gasteiger charge is -2.19. The summed E-state index contributed by atoms with van der Waals surface area (Å²) >= 11 is 0. The normalized spacial score (nSPS) is 13.2. The van der Waals surface area contributed by atoms with Gasteiger partial charge in [0.1, 0.15) is 0 Å². The highest BCUT2D eigenvalue weighted by atomic mass is 16.4. The van der Waals surface area contributed by atoms with Crippen LogP contribution in [0.3, 0.4) is 0 Å². The van der Waals surface area contributed by atoms with Crippen LogP contribution in [0.1, 0.15) is 28.8 Å². The van der Waals surface area contributed by atoms with E-state index in [-0.39, 0.29) is 5.91 Å². The minimum Gasteiger partial charge on any atom is -0.478 e. The maximum atomic E-state index is 11.2. The maximum absolute atomic E-state index is 11.2. The number of nitrogens with zero attached hydrogens (tertiary/aromatic N) is 1. The number of carbonyl (C=O) groups excluding carboxylic acids is 1. The average molecular weight is 262 g/mol. The number of fused-ring (bicyclic) bond motifs is 1. The SMILES string of the molecule is CNC(=O)CCCN1CCc2ccc(C(=O)O)cc21. The van der Waals surface area contributed by atoms with Crippen LogP contribution in [0.4, 0.5) is 5.69 Å². The zero-order valence-corrected chi connectivity index (χ0v) is 11.0. The molecule has 1 aliphatic heterocycles. The first-order chi connectivity index (χ1) is 9.11. The molecule has 1 amide bonds. The number of amides is 1. The van der Waals surface area contributed by atoms with E-state index in [1.807, 2.05) is 6.07 Å². The van der Waals surface area contributed by atoms with Crippen molar-refractivity contribution in [1.82, 2.24) is 5.32 Å². The van der Waals surface area contributed by atoms with Crippen molar-refractivity contribution in [3.63, 3.8) is 0 Å². The molecule has 5 heteroatoms. The summed E-state index contributed by atoms with van der Waals surface area (Å²) in [6, 6.07) is 5.26. The van der Waals surface area contributed by atoms with Gasteiger partial charge in [-0.15, -0.1) is 0 Å². The molecule has 2 N–H and O–H groups in total. The Bertz CT molecular complexity index is 499.